The van der Waals surface area contributed by atoms with Gasteiger partial charge in [0.25, 0.3) is 0 Å². The van der Waals surface area contributed by atoms with E-state index < -0.39 is 0 Å². The largest absolute Gasteiger partial charge is 0.493 e. The van der Waals surface area contributed by atoms with Crippen molar-refractivity contribution in [2.24, 2.45) is 0 Å². The second kappa shape index (κ2) is 6.59. The van der Waals surface area contributed by atoms with Crippen LogP contribution in [0.4, 0.5) is 0 Å². The Morgan fingerprint density at radius 3 is 2.86 bits per heavy atom. The molecule has 1 aliphatic heterocycles. The molecule has 0 spiro atoms. The highest BCUT2D eigenvalue weighted by Crippen LogP contribution is 2.35. The van der Waals surface area contributed by atoms with Crippen molar-refractivity contribution in [1.29, 1.82) is 0 Å². The van der Waals surface area contributed by atoms with E-state index in [0.717, 1.165) is 44.6 Å². The van der Waals surface area contributed by atoms with Gasteiger partial charge in [0.2, 0.25) is 0 Å². The Balaban J connectivity index is 1.86. The molecule has 0 N–H and O–H groups in total. The van der Waals surface area contributed by atoms with Crippen LogP contribution in [0.25, 0.3) is 0 Å². The predicted octanol–water partition coefficient (Wildman–Crippen LogP) is 5.46. The molecule has 0 amide bonds. The molecule has 5 heteroatoms. The quantitative estimate of drug-likeness (QED) is 0.597. The van der Waals surface area contributed by atoms with Crippen molar-refractivity contribution >= 4 is 43.5 Å². The van der Waals surface area contributed by atoms with Crippen LogP contribution in [-0.4, -0.2) is 6.61 Å². The van der Waals surface area contributed by atoms with Gasteiger partial charge in [-0.2, -0.15) is 0 Å². The van der Waals surface area contributed by atoms with Crippen LogP contribution < -0.4 is 9.47 Å². The van der Waals surface area contributed by atoms with Gasteiger partial charge in [0.1, 0.15) is 18.1 Å². The number of fused-ring (bicyclic) bond motifs is 1. The molecule has 3 rings (SSSR count). The van der Waals surface area contributed by atoms with Gasteiger partial charge in [0.05, 0.1) is 17.0 Å². The third kappa shape index (κ3) is 3.22. The minimum absolute atomic E-state index is 0.419. The van der Waals surface area contributed by atoms with Gasteiger partial charge < -0.3 is 9.47 Å². The molecule has 0 saturated carbocycles. The summed E-state index contributed by atoms with van der Waals surface area (Å²) in [6, 6.07) is 10.0. The van der Waals surface area contributed by atoms with Crippen molar-refractivity contribution in [1.82, 2.24) is 0 Å². The number of benzene rings is 2. The monoisotopic (exact) mass is 430 g/mol. The van der Waals surface area contributed by atoms with Crippen molar-refractivity contribution in [2.45, 2.75) is 18.9 Å². The Labute approximate surface area is 145 Å². The number of ether oxygens (including phenoxy) is 2. The molecule has 2 nitrogen and oxygen atoms in total. The minimum atomic E-state index is 0.419. The van der Waals surface area contributed by atoms with Crippen LogP contribution in [0.5, 0.6) is 11.5 Å². The van der Waals surface area contributed by atoms with Crippen LogP contribution >= 0.6 is 43.5 Å². The molecule has 0 fully saturated rings. The van der Waals surface area contributed by atoms with E-state index in [-0.39, 0.29) is 0 Å². The molecule has 0 bridgehead atoms. The number of hydrogen-bond donors (Lipinski definition) is 0. The maximum Gasteiger partial charge on any atom is 0.138 e. The summed E-state index contributed by atoms with van der Waals surface area (Å²) in [5.74, 6) is 2.17. The highest BCUT2D eigenvalue weighted by Gasteiger charge is 2.18. The van der Waals surface area contributed by atoms with Crippen LogP contribution in [0.1, 0.15) is 16.7 Å². The first-order valence-corrected chi connectivity index (χ1v) is 8.71. The molecule has 0 aromatic heterocycles. The number of halogens is 3. The zero-order valence-corrected chi connectivity index (χ0v) is 15.1. The van der Waals surface area contributed by atoms with Gasteiger partial charge in [0, 0.05) is 22.0 Å². The van der Waals surface area contributed by atoms with Crippen LogP contribution in [0, 0.1) is 0 Å². The number of para-hydroxylation sites is 1. The first kappa shape index (κ1) is 15.2. The Kier molecular flexibility index (Phi) is 4.77. The maximum absolute atomic E-state index is 5.99. The van der Waals surface area contributed by atoms with Crippen molar-refractivity contribution in [3.63, 3.8) is 0 Å². The molecule has 110 valence electrons. The van der Waals surface area contributed by atoms with Gasteiger partial charge in [0.15, 0.2) is 0 Å². The smallest absolute Gasteiger partial charge is 0.138 e. The lowest BCUT2D eigenvalue weighted by Gasteiger charge is -2.14. The summed E-state index contributed by atoms with van der Waals surface area (Å²) in [5, 5.41) is 0. The third-order valence-corrected chi connectivity index (χ3v) is 4.76. The number of rotatable bonds is 4. The van der Waals surface area contributed by atoms with Crippen LogP contribution in [0.3, 0.4) is 0 Å². The highest BCUT2D eigenvalue weighted by molar-refractivity contribution is 9.10. The molecule has 0 unspecified atom stereocenters. The zero-order valence-electron chi connectivity index (χ0n) is 11.2. The first-order chi connectivity index (χ1) is 10.2. The molecule has 2 aromatic carbocycles. The van der Waals surface area contributed by atoms with Crippen molar-refractivity contribution in [3.05, 3.63) is 56.0 Å². The van der Waals surface area contributed by atoms with E-state index in [1.165, 1.54) is 5.56 Å². The Bertz CT molecular complexity index is 674. The SMILES string of the molecule is ClCc1cccc(Br)c1OCc1cc(Br)cc2c1OCC2. The highest BCUT2D eigenvalue weighted by atomic mass is 79.9. The lowest BCUT2D eigenvalue weighted by atomic mass is 10.1. The maximum atomic E-state index is 5.99. The van der Waals surface area contributed by atoms with E-state index in [0.29, 0.717) is 12.5 Å². The Hall–Kier alpha value is -0.710. The van der Waals surface area contributed by atoms with Crippen molar-refractivity contribution < 1.29 is 9.47 Å². The van der Waals surface area contributed by atoms with Crippen LogP contribution in [0.15, 0.2) is 39.3 Å². The minimum Gasteiger partial charge on any atom is -0.493 e. The molecule has 2 aromatic rings. The second-order valence-corrected chi connectivity index (χ2v) is 6.84. The van der Waals surface area contributed by atoms with Gasteiger partial charge in [-0.15, -0.1) is 11.6 Å². The van der Waals surface area contributed by atoms with Gasteiger partial charge in [-0.25, -0.2) is 0 Å². The standard InChI is InChI=1S/C16H13Br2ClO2/c17-13-6-10-4-5-20-15(10)12(7-13)9-21-16-11(8-19)2-1-3-14(16)18/h1-3,6-7H,4-5,8-9H2. The van der Waals surface area contributed by atoms with E-state index in [2.05, 4.69) is 37.9 Å². The second-order valence-electron chi connectivity index (χ2n) is 4.80. The number of hydrogen-bond acceptors (Lipinski definition) is 2. The van der Waals surface area contributed by atoms with Gasteiger partial charge in [-0.3, -0.25) is 0 Å². The first-order valence-electron chi connectivity index (χ1n) is 6.59. The molecule has 0 atom stereocenters. The van der Waals surface area contributed by atoms with E-state index in [1.807, 2.05) is 24.3 Å². The Morgan fingerprint density at radius 1 is 1.19 bits per heavy atom. The third-order valence-electron chi connectivity index (χ3n) is 3.39. The normalized spacial score (nSPS) is 12.9. The van der Waals surface area contributed by atoms with Gasteiger partial charge in [-0.05, 0) is 39.7 Å². The summed E-state index contributed by atoms with van der Waals surface area (Å²) >= 11 is 13.0. The van der Waals surface area contributed by atoms with Crippen molar-refractivity contribution in [3.8, 4) is 11.5 Å². The summed E-state index contributed by atoms with van der Waals surface area (Å²) in [4.78, 5) is 0. The molecule has 0 radical (unpaired) electrons. The summed E-state index contributed by atoms with van der Waals surface area (Å²) < 4.78 is 13.7. The fraction of sp³-hybridized carbons (Fsp3) is 0.250. The fourth-order valence-corrected chi connectivity index (χ4v) is 3.71. The molecule has 21 heavy (non-hydrogen) atoms. The number of alkyl halides is 1. The Morgan fingerprint density at radius 2 is 2.05 bits per heavy atom. The van der Waals surface area contributed by atoms with Gasteiger partial charge >= 0.3 is 0 Å². The molecule has 0 saturated heterocycles. The zero-order chi connectivity index (χ0) is 14.8. The summed E-state index contributed by atoms with van der Waals surface area (Å²) in [7, 11) is 0. The van der Waals surface area contributed by atoms with Gasteiger partial charge in [-0.1, -0.05) is 28.1 Å². The lowest BCUT2D eigenvalue weighted by molar-refractivity contribution is 0.288. The van der Waals surface area contributed by atoms with Crippen molar-refractivity contribution in [2.75, 3.05) is 6.61 Å². The molecule has 1 heterocycles. The van der Waals surface area contributed by atoms with Crippen LogP contribution in [-0.2, 0) is 18.9 Å². The van der Waals surface area contributed by atoms with Crippen LogP contribution in [0.2, 0.25) is 0 Å². The predicted molar refractivity (Wildman–Crippen MR) is 91.4 cm³/mol. The van der Waals surface area contributed by atoms with E-state index in [9.17, 15) is 0 Å². The summed E-state index contributed by atoms with van der Waals surface area (Å²) in [5.41, 5.74) is 3.25. The average Bonchev–Trinajstić information content (AvgIpc) is 2.93. The van der Waals surface area contributed by atoms with E-state index >= 15 is 0 Å². The lowest BCUT2D eigenvalue weighted by Crippen LogP contribution is -2.01. The summed E-state index contributed by atoms with van der Waals surface area (Å²) in [6.45, 7) is 1.19. The van der Waals surface area contributed by atoms with E-state index in [4.69, 9.17) is 21.1 Å². The fourth-order valence-electron chi connectivity index (χ4n) is 2.42. The summed E-state index contributed by atoms with van der Waals surface area (Å²) in [6.07, 6.45) is 0.948. The average molecular weight is 433 g/mol. The van der Waals surface area contributed by atoms with E-state index in [1.54, 1.807) is 0 Å². The molecule has 1 aliphatic rings. The topological polar surface area (TPSA) is 18.5 Å². The molecular formula is C16H13Br2ClO2. The molecule has 0 aliphatic carbocycles. The molecular weight excluding hydrogens is 419 g/mol.